The minimum atomic E-state index is -1.03. The molecule has 1 aliphatic carbocycles. The van der Waals surface area contributed by atoms with Crippen molar-refractivity contribution in [2.24, 2.45) is 5.92 Å². The van der Waals surface area contributed by atoms with Crippen LogP contribution in [0.5, 0.6) is 0 Å². The number of rotatable bonds is 11. The van der Waals surface area contributed by atoms with Gasteiger partial charge >= 0.3 is 5.69 Å². The van der Waals surface area contributed by atoms with Crippen LogP contribution in [0.25, 0.3) is 0 Å². The van der Waals surface area contributed by atoms with E-state index in [0.717, 1.165) is 19.3 Å². The SMILES string of the molecule is CC(C)CNc1ccn([C@@H]2O[C@H](CO)[C@@H](O)[C@H]2OCCCC[C]2[CH][CH][CH][CH]2)c(=O)n1. The number of hydrogen-bond donors (Lipinski definition) is 3. The van der Waals surface area contributed by atoms with Crippen LogP contribution in [0.15, 0.2) is 17.1 Å². The van der Waals surface area contributed by atoms with Crippen LogP contribution in [-0.2, 0) is 9.47 Å². The maximum Gasteiger partial charge on any atom is 0.351 e. The zero-order valence-corrected chi connectivity index (χ0v) is 17.6. The molecule has 2 fully saturated rings. The van der Waals surface area contributed by atoms with Gasteiger partial charge in [-0.05, 0) is 56.4 Å². The summed E-state index contributed by atoms with van der Waals surface area (Å²) in [5, 5.41) is 23.2. The summed E-state index contributed by atoms with van der Waals surface area (Å²) in [6.45, 7) is 4.91. The van der Waals surface area contributed by atoms with Crippen LogP contribution in [0.4, 0.5) is 5.82 Å². The normalized spacial score (nSPS) is 27.2. The van der Waals surface area contributed by atoms with E-state index < -0.39 is 30.2 Å². The second-order valence-electron chi connectivity index (χ2n) is 8.10. The summed E-state index contributed by atoms with van der Waals surface area (Å²) in [7, 11) is 0. The van der Waals surface area contributed by atoms with Crippen molar-refractivity contribution in [3.05, 3.63) is 54.3 Å². The van der Waals surface area contributed by atoms with Crippen molar-refractivity contribution < 1.29 is 19.7 Å². The van der Waals surface area contributed by atoms with Crippen molar-refractivity contribution in [3.8, 4) is 0 Å². The number of unbranched alkanes of at least 4 members (excludes halogenated alkanes) is 1. The molecule has 1 saturated heterocycles. The average molecular weight is 419 g/mol. The van der Waals surface area contributed by atoms with Crippen molar-refractivity contribution in [1.82, 2.24) is 9.55 Å². The minimum Gasteiger partial charge on any atom is -0.394 e. The quantitative estimate of drug-likeness (QED) is 0.468. The van der Waals surface area contributed by atoms with Crippen LogP contribution in [0, 0.1) is 37.5 Å². The highest BCUT2D eigenvalue weighted by Gasteiger charge is 2.45. The summed E-state index contributed by atoms with van der Waals surface area (Å²) < 4.78 is 13.0. The molecule has 1 aliphatic heterocycles. The van der Waals surface area contributed by atoms with Gasteiger partial charge in [-0.1, -0.05) is 20.3 Å². The largest absolute Gasteiger partial charge is 0.394 e. The third-order valence-electron chi connectivity index (χ3n) is 5.19. The third kappa shape index (κ3) is 6.03. The summed E-state index contributed by atoms with van der Waals surface area (Å²) in [6.07, 6.45) is 9.12. The molecule has 5 radical (unpaired) electrons. The molecule has 1 aromatic rings. The minimum absolute atomic E-state index is 0.356. The van der Waals surface area contributed by atoms with Gasteiger partial charge in [0.15, 0.2) is 6.23 Å². The predicted molar refractivity (Wildman–Crippen MR) is 113 cm³/mol. The zero-order valence-electron chi connectivity index (χ0n) is 17.6. The van der Waals surface area contributed by atoms with E-state index >= 15 is 0 Å². The van der Waals surface area contributed by atoms with E-state index in [1.165, 1.54) is 10.5 Å². The molecule has 0 unspecified atom stereocenters. The molecule has 0 spiro atoms. The maximum absolute atomic E-state index is 12.6. The molecule has 3 rings (SSSR count). The smallest absolute Gasteiger partial charge is 0.351 e. The van der Waals surface area contributed by atoms with Gasteiger partial charge in [0.1, 0.15) is 24.1 Å². The Morgan fingerprint density at radius 1 is 1.30 bits per heavy atom. The van der Waals surface area contributed by atoms with E-state index in [0.29, 0.717) is 24.9 Å². The van der Waals surface area contributed by atoms with E-state index in [2.05, 4.69) is 37.0 Å². The molecular formula is C22H32N3O5. The second-order valence-corrected chi connectivity index (χ2v) is 8.10. The van der Waals surface area contributed by atoms with Gasteiger partial charge in [-0.2, -0.15) is 4.98 Å². The van der Waals surface area contributed by atoms with Gasteiger partial charge in [0.2, 0.25) is 0 Å². The topological polar surface area (TPSA) is 106 Å². The third-order valence-corrected chi connectivity index (χ3v) is 5.19. The fourth-order valence-corrected chi connectivity index (χ4v) is 3.52. The van der Waals surface area contributed by atoms with Gasteiger partial charge in [-0.25, -0.2) is 4.79 Å². The molecule has 1 saturated carbocycles. The number of nitrogens with one attached hydrogen (secondary N) is 1. The summed E-state index contributed by atoms with van der Waals surface area (Å²) in [5.74, 6) is 2.21. The number of hydrogen-bond acceptors (Lipinski definition) is 7. The lowest BCUT2D eigenvalue weighted by Gasteiger charge is -2.22. The fourth-order valence-electron chi connectivity index (χ4n) is 3.52. The Balaban J connectivity index is 1.59. The maximum atomic E-state index is 12.6. The summed E-state index contributed by atoms with van der Waals surface area (Å²) >= 11 is 0. The lowest BCUT2D eigenvalue weighted by Crippen LogP contribution is -2.38. The summed E-state index contributed by atoms with van der Waals surface area (Å²) in [6, 6.07) is 1.70. The first-order chi connectivity index (χ1) is 14.5. The Bertz CT molecular complexity index is 704. The zero-order chi connectivity index (χ0) is 21.5. The number of ether oxygens (including phenoxy) is 2. The van der Waals surface area contributed by atoms with E-state index in [-0.39, 0.29) is 6.61 Å². The van der Waals surface area contributed by atoms with Gasteiger partial charge in [-0.15, -0.1) is 0 Å². The molecule has 8 heteroatoms. The van der Waals surface area contributed by atoms with Crippen molar-refractivity contribution in [2.75, 3.05) is 25.1 Å². The van der Waals surface area contributed by atoms with Crippen LogP contribution in [0.1, 0.15) is 39.3 Å². The Morgan fingerprint density at radius 3 is 2.73 bits per heavy atom. The summed E-state index contributed by atoms with van der Waals surface area (Å²) in [5.41, 5.74) is -0.496. The standard InChI is InChI=1S/C22H32N3O5/c1-15(2)13-23-18-10-11-25(22(28)24-18)21-20(19(27)17(14-26)30-21)29-12-6-5-9-16-7-3-4-8-16/h3-4,7-8,10-11,15,17,19-21,26-27H,5-6,9,12-14H2,1-2H3,(H,23,24,28)/t17-,19-,20-,21-/m1/s1. The van der Waals surface area contributed by atoms with Crippen LogP contribution >= 0.6 is 0 Å². The molecule has 2 heterocycles. The molecule has 30 heavy (non-hydrogen) atoms. The molecule has 165 valence electrons. The Labute approximate surface area is 178 Å². The highest BCUT2D eigenvalue weighted by Crippen LogP contribution is 2.31. The van der Waals surface area contributed by atoms with Crippen LogP contribution < -0.4 is 11.0 Å². The Kier molecular flexibility index (Phi) is 8.68. The molecular weight excluding hydrogens is 386 g/mol. The highest BCUT2D eigenvalue weighted by molar-refractivity contribution is 5.35. The first-order valence-corrected chi connectivity index (χ1v) is 10.6. The highest BCUT2D eigenvalue weighted by atomic mass is 16.6. The lowest BCUT2D eigenvalue weighted by molar-refractivity contribution is -0.0748. The molecule has 8 nitrogen and oxygen atoms in total. The van der Waals surface area contributed by atoms with Gasteiger partial charge < -0.3 is 25.0 Å². The van der Waals surface area contributed by atoms with Gasteiger partial charge in [-0.3, -0.25) is 4.57 Å². The molecule has 0 aromatic carbocycles. The summed E-state index contributed by atoms with van der Waals surface area (Å²) in [4.78, 5) is 16.6. The van der Waals surface area contributed by atoms with Crippen LogP contribution in [-0.4, -0.2) is 57.8 Å². The van der Waals surface area contributed by atoms with Crippen LogP contribution in [0.2, 0.25) is 0 Å². The molecule has 0 bridgehead atoms. The average Bonchev–Trinajstić information content (AvgIpc) is 3.34. The van der Waals surface area contributed by atoms with Crippen LogP contribution in [0.3, 0.4) is 0 Å². The Morgan fingerprint density at radius 2 is 2.07 bits per heavy atom. The van der Waals surface area contributed by atoms with E-state index in [9.17, 15) is 15.0 Å². The number of aliphatic hydroxyl groups is 2. The number of anilines is 1. The van der Waals surface area contributed by atoms with E-state index in [1.54, 1.807) is 12.3 Å². The first kappa shape index (κ1) is 23.2. The molecule has 1 aromatic heterocycles. The number of nitrogens with zero attached hydrogens (tertiary/aromatic N) is 2. The molecule has 0 amide bonds. The number of aliphatic hydroxyl groups excluding tert-OH is 2. The Hall–Kier alpha value is -1.48. The van der Waals surface area contributed by atoms with Crippen molar-refractivity contribution >= 4 is 5.82 Å². The van der Waals surface area contributed by atoms with E-state index in [4.69, 9.17) is 9.47 Å². The molecule has 2 aliphatic rings. The predicted octanol–water partition coefficient (Wildman–Crippen LogP) is 1.52. The van der Waals surface area contributed by atoms with Gasteiger partial charge in [0, 0.05) is 19.3 Å². The van der Waals surface area contributed by atoms with Crippen molar-refractivity contribution in [1.29, 1.82) is 0 Å². The van der Waals surface area contributed by atoms with Gasteiger partial charge in [0.05, 0.1) is 6.61 Å². The lowest BCUT2D eigenvalue weighted by atomic mass is 10.0. The molecule has 4 atom stereocenters. The van der Waals surface area contributed by atoms with Crippen molar-refractivity contribution in [2.45, 2.75) is 57.6 Å². The monoisotopic (exact) mass is 418 g/mol. The van der Waals surface area contributed by atoms with E-state index in [1.807, 2.05) is 12.8 Å². The first-order valence-electron chi connectivity index (χ1n) is 10.6. The fraction of sp³-hybridized carbons (Fsp3) is 0.591. The van der Waals surface area contributed by atoms with Crippen molar-refractivity contribution in [3.63, 3.8) is 0 Å². The number of aromatic nitrogens is 2. The van der Waals surface area contributed by atoms with Gasteiger partial charge in [0.25, 0.3) is 0 Å². The second kappa shape index (κ2) is 11.2. The molecule has 3 N–H and O–H groups in total.